The van der Waals surface area contributed by atoms with Gasteiger partial charge in [0.2, 0.25) is 11.8 Å². The van der Waals surface area contributed by atoms with Gasteiger partial charge in [-0.1, -0.05) is 34.5 Å². The molecule has 2 rings (SSSR count). The van der Waals surface area contributed by atoms with E-state index >= 15 is 0 Å². The van der Waals surface area contributed by atoms with Gasteiger partial charge in [0.05, 0.1) is 0 Å². The summed E-state index contributed by atoms with van der Waals surface area (Å²) in [6, 6.07) is 13.2. The molecule has 132 valence electrons. The van der Waals surface area contributed by atoms with Gasteiger partial charge in [0.1, 0.15) is 0 Å². The summed E-state index contributed by atoms with van der Waals surface area (Å²) < 4.78 is 0. The maximum Gasteiger partial charge on any atom is 0.221 e. The molecule has 0 aromatic heterocycles. The molecule has 26 heavy (non-hydrogen) atoms. The highest BCUT2D eigenvalue weighted by atomic mass is 16.2. The van der Waals surface area contributed by atoms with Crippen molar-refractivity contribution in [3.05, 3.63) is 69.4 Å². The molecule has 0 aliphatic rings. The van der Waals surface area contributed by atoms with Crippen LogP contribution in [0.25, 0.3) is 20.9 Å². The van der Waals surface area contributed by atoms with Gasteiger partial charge >= 0.3 is 0 Å². The SMILES string of the molecule is CC(=O)Nc1ccc(N=[N+]=[N-])cc1.CC(=O)Nc1ccc(N=[N+]=[N-])cc1. The van der Waals surface area contributed by atoms with Crippen LogP contribution in [0, 0.1) is 0 Å². The van der Waals surface area contributed by atoms with Crippen molar-refractivity contribution in [1.29, 1.82) is 0 Å². The number of azide groups is 2. The summed E-state index contributed by atoms with van der Waals surface area (Å²) in [6.07, 6.45) is 0. The molecule has 0 radical (unpaired) electrons. The Labute approximate surface area is 149 Å². The molecule has 10 nitrogen and oxygen atoms in total. The Bertz CT molecular complexity index is 775. The number of benzene rings is 2. The number of hydrogen-bond acceptors (Lipinski definition) is 4. The van der Waals surface area contributed by atoms with E-state index in [-0.39, 0.29) is 11.8 Å². The van der Waals surface area contributed by atoms with E-state index in [2.05, 4.69) is 30.7 Å². The first-order valence-corrected chi connectivity index (χ1v) is 7.30. The first kappa shape index (κ1) is 20.0. The minimum absolute atomic E-state index is 0.128. The van der Waals surface area contributed by atoms with Crippen molar-refractivity contribution >= 4 is 34.6 Å². The second kappa shape index (κ2) is 10.7. The zero-order valence-electron chi connectivity index (χ0n) is 14.1. The molecule has 2 aromatic carbocycles. The van der Waals surface area contributed by atoms with E-state index in [1.165, 1.54) is 13.8 Å². The molecule has 0 atom stereocenters. The molecule has 0 heterocycles. The van der Waals surface area contributed by atoms with Crippen molar-refractivity contribution in [3.8, 4) is 0 Å². The fourth-order valence-electron chi connectivity index (χ4n) is 1.73. The second-order valence-corrected chi connectivity index (χ2v) is 4.84. The average Bonchev–Trinajstić information content (AvgIpc) is 2.59. The smallest absolute Gasteiger partial charge is 0.221 e. The molecule has 10 heteroatoms. The van der Waals surface area contributed by atoms with Crippen LogP contribution < -0.4 is 10.6 Å². The third-order valence-corrected chi connectivity index (χ3v) is 2.70. The highest BCUT2D eigenvalue weighted by Crippen LogP contribution is 2.16. The number of nitrogens with one attached hydrogen (secondary N) is 2. The summed E-state index contributed by atoms with van der Waals surface area (Å²) in [5.74, 6) is -0.256. The molecule has 2 N–H and O–H groups in total. The Kier molecular flexibility index (Phi) is 8.26. The van der Waals surface area contributed by atoms with Crippen LogP contribution in [0.15, 0.2) is 58.8 Å². The normalized spacial score (nSPS) is 8.69. The lowest BCUT2D eigenvalue weighted by atomic mass is 10.3. The lowest BCUT2D eigenvalue weighted by molar-refractivity contribution is -0.115. The van der Waals surface area contributed by atoms with Crippen molar-refractivity contribution < 1.29 is 9.59 Å². The van der Waals surface area contributed by atoms with Crippen LogP contribution in [0.1, 0.15) is 13.8 Å². The monoisotopic (exact) mass is 352 g/mol. The first-order chi connectivity index (χ1) is 12.4. The summed E-state index contributed by atoms with van der Waals surface area (Å²) in [6.45, 7) is 2.86. The Balaban J connectivity index is 0.000000260. The van der Waals surface area contributed by atoms with Gasteiger partial charge in [-0.15, -0.1) is 0 Å². The van der Waals surface area contributed by atoms with Crippen LogP contribution in [-0.4, -0.2) is 11.8 Å². The minimum atomic E-state index is -0.128. The van der Waals surface area contributed by atoms with Gasteiger partial charge in [-0.05, 0) is 35.3 Å². The minimum Gasteiger partial charge on any atom is -0.326 e. The number of nitrogens with zero attached hydrogens (tertiary/aromatic N) is 6. The second-order valence-electron chi connectivity index (χ2n) is 4.84. The summed E-state index contributed by atoms with van der Waals surface area (Å²) in [4.78, 5) is 26.5. The van der Waals surface area contributed by atoms with Crippen LogP contribution >= 0.6 is 0 Å². The maximum absolute atomic E-state index is 10.6. The third kappa shape index (κ3) is 8.02. The molecule has 0 saturated heterocycles. The number of anilines is 2. The summed E-state index contributed by atoms with van der Waals surface area (Å²) in [5, 5.41) is 12.0. The Morgan fingerprint density at radius 1 is 0.731 bits per heavy atom. The molecule has 2 amide bonds. The van der Waals surface area contributed by atoms with Gasteiger partial charge in [-0.25, -0.2) is 0 Å². The molecule has 0 aliphatic carbocycles. The predicted molar refractivity (Wildman–Crippen MR) is 99.1 cm³/mol. The van der Waals surface area contributed by atoms with Gasteiger partial charge in [-0.2, -0.15) is 0 Å². The van der Waals surface area contributed by atoms with Crippen LogP contribution in [0.2, 0.25) is 0 Å². The van der Waals surface area contributed by atoms with Crippen LogP contribution in [0.4, 0.5) is 22.7 Å². The Morgan fingerprint density at radius 2 is 1.04 bits per heavy atom. The third-order valence-electron chi connectivity index (χ3n) is 2.70. The topological polar surface area (TPSA) is 156 Å². The molecular weight excluding hydrogens is 336 g/mol. The Morgan fingerprint density at radius 3 is 1.27 bits per heavy atom. The largest absolute Gasteiger partial charge is 0.326 e. The summed E-state index contributed by atoms with van der Waals surface area (Å²) >= 11 is 0. The van der Waals surface area contributed by atoms with E-state index in [4.69, 9.17) is 11.1 Å². The van der Waals surface area contributed by atoms with Crippen LogP contribution in [0.5, 0.6) is 0 Å². The molecule has 0 spiro atoms. The van der Waals surface area contributed by atoms with Gasteiger partial charge in [0.25, 0.3) is 0 Å². The van der Waals surface area contributed by atoms with Crippen molar-refractivity contribution in [2.45, 2.75) is 13.8 Å². The predicted octanol–water partition coefficient (Wildman–Crippen LogP) is 5.17. The fourth-order valence-corrected chi connectivity index (χ4v) is 1.73. The van der Waals surface area contributed by atoms with Crippen molar-refractivity contribution in [2.24, 2.45) is 10.2 Å². The summed E-state index contributed by atoms with van der Waals surface area (Å²) in [7, 11) is 0. The number of carbonyl (C=O) groups is 2. The van der Waals surface area contributed by atoms with Crippen LogP contribution in [0.3, 0.4) is 0 Å². The number of carbonyl (C=O) groups excluding carboxylic acids is 2. The van der Waals surface area contributed by atoms with Gasteiger partial charge < -0.3 is 10.6 Å². The van der Waals surface area contributed by atoms with E-state index in [0.29, 0.717) is 22.7 Å². The van der Waals surface area contributed by atoms with Crippen molar-refractivity contribution in [1.82, 2.24) is 0 Å². The molecule has 2 aromatic rings. The van der Waals surface area contributed by atoms with Gasteiger partial charge in [0.15, 0.2) is 0 Å². The maximum atomic E-state index is 10.6. The Hall–Kier alpha value is -4.00. The van der Waals surface area contributed by atoms with E-state index in [1.807, 2.05) is 0 Å². The van der Waals surface area contributed by atoms with E-state index < -0.39 is 0 Å². The summed E-state index contributed by atoms with van der Waals surface area (Å²) in [5.41, 5.74) is 18.7. The van der Waals surface area contributed by atoms with E-state index in [1.54, 1.807) is 48.5 Å². The lowest BCUT2D eigenvalue weighted by Crippen LogP contribution is -2.04. The standard InChI is InChI=1S/2C8H8N4O/c2*1-6(13)10-7-2-4-8(5-3-7)11-12-9/h2*2-5H,1H3,(H,10,13). The molecular formula is C16H16N8O2. The lowest BCUT2D eigenvalue weighted by Gasteiger charge is -2.00. The molecule has 0 fully saturated rings. The first-order valence-electron chi connectivity index (χ1n) is 7.30. The molecule has 0 saturated carbocycles. The highest BCUT2D eigenvalue weighted by molar-refractivity contribution is 5.89. The zero-order valence-corrected chi connectivity index (χ0v) is 14.1. The molecule has 0 bridgehead atoms. The van der Waals surface area contributed by atoms with E-state index in [0.717, 1.165) is 0 Å². The van der Waals surface area contributed by atoms with E-state index in [9.17, 15) is 9.59 Å². The zero-order chi connectivity index (χ0) is 19.4. The fraction of sp³-hybridized carbons (Fsp3) is 0.125. The van der Waals surface area contributed by atoms with Crippen LogP contribution in [-0.2, 0) is 9.59 Å². The van der Waals surface area contributed by atoms with Crippen molar-refractivity contribution in [3.63, 3.8) is 0 Å². The quantitative estimate of drug-likeness (QED) is 0.442. The van der Waals surface area contributed by atoms with Gasteiger partial charge in [-0.3, -0.25) is 9.59 Å². The highest BCUT2D eigenvalue weighted by Gasteiger charge is 1.94. The number of rotatable bonds is 4. The number of amides is 2. The molecule has 0 aliphatic heterocycles. The number of hydrogen-bond donors (Lipinski definition) is 2. The molecule has 0 unspecified atom stereocenters. The average molecular weight is 352 g/mol. The van der Waals surface area contributed by atoms with Crippen molar-refractivity contribution in [2.75, 3.05) is 10.6 Å². The van der Waals surface area contributed by atoms with Gasteiger partial charge in [0, 0.05) is 46.4 Å².